The molecular formula is C14H19BrClN5O. The fraction of sp³-hybridized carbons (Fsp3) is 0.429. The van der Waals surface area contributed by atoms with Crippen LogP contribution in [0.2, 0.25) is 0 Å². The Balaban J connectivity index is 0.00000176. The molecule has 1 aliphatic heterocycles. The number of hydrogen-bond donors (Lipinski definition) is 3. The van der Waals surface area contributed by atoms with Crippen molar-refractivity contribution in [3.8, 4) is 0 Å². The highest BCUT2D eigenvalue weighted by molar-refractivity contribution is 9.10. The van der Waals surface area contributed by atoms with E-state index in [1.54, 1.807) is 12.4 Å². The second-order valence-electron chi connectivity index (χ2n) is 5.41. The zero-order chi connectivity index (χ0) is 15.0. The average molecular weight is 389 g/mol. The fourth-order valence-electron chi connectivity index (χ4n) is 2.87. The number of aromatic nitrogens is 2. The molecule has 1 fully saturated rings. The van der Waals surface area contributed by atoms with E-state index in [0.29, 0.717) is 0 Å². The summed E-state index contributed by atoms with van der Waals surface area (Å²) in [5.41, 5.74) is 8.65. The number of H-pyrrole nitrogens is 1. The summed E-state index contributed by atoms with van der Waals surface area (Å²) < 4.78 is 0.912. The molecule has 8 heteroatoms. The molecular weight excluding hydrogens is 370 g/mol. The zero-order valence-electron chi connectivity index (χ0n) is 12.2. The summed E-state index contributed by atoms with van der Waals surface area (Å²) in [6, 6.07) is 0.178. The SMILES string of the molecule is CC(=O)Nc1c[nH]c2ncc(Br)c(N3CCC[C@@H](N)C3)c12.Cl. The molecule has 1 atom stereocenters. The molecule has 0 radical (unpaired) electrons. The number of piperidine rings is 1. The summed E-state index contributed by atoms with van der Waals surface area (Å²) >= 11 is 3.59. The Hall–Kier alpha value is -1.31. The van der Waals surface area contributed by atoms with Gasteiger partial charge in [-0.3, -0.25) is 4.79 Å². The van der Waals surface area contributed by atoms with Crippen LogP contribution in [0.3, 0.4) is 0 Å². The van der Waals surface area contributed by atoms with E-state index in [1.165, 1.54) is 6.92 Å². The fourth-order valence-corrected chi connectivity index (χ4v) is 3.42. The molecule has 0 spiro atoms. The molecule has 0 bridgehead atoms. The molecule has 1 aliphatic rings. The number of amides is 1. The number of halogens is 2. The van der Waals surface area contributed by atoms with Gasteiger partial charge in [0.25, 0.3) is 0 Å². The number of nitrogens with zero attached hydrogens (tertiary/aromatic N) is 2. The van der Waals surface area contributed by atoms with Crippen LogP contribution in [0.15, 0.2) is 16.9 Å². The predicted molar refractivity (Wildman–Crippen MR) is 94.8 cm³/mol. The molecule has 0 saturated carbocycles. The second-order valence-corrected chi connectivity index (χ2v) is 6.26. The van der Waals surface area contributed by atoms with Crippen molar-refractivity contribution in [2.24, 2.45) is 5.73 Å². The quantitative estimate of drug-likeness (QED) is 0.738. The Bertz CT molecular complexity index is 689. The maximum Gasteiger partial charge on any atom is 0.221 e. The normalized spacial score (nSPS) is 18.1. The molecule has 3 heterocycles. The van der Waals surface area contributed by atoms with E-state index in [0.717, 1.165) is 52.8 Å². The van der Waals surface area contributed by atoms with Gasteiger partial charge in [-0.05, 0) is 28.8 Å². The lowest BCUT2D eigenvalue weighted by Gasteiger charge is -2.33. The smallest absolute Gasteiger partial charge is 0.221 e. The van der Waals surface area contributed by atoms with Crippen molar-refractivity contribution >= 4 is 56.7 Å². The standard InChI is InChI=1S/C14H18BrN5O.ClH/c1-8(21)19-11-6-18-14-12(11)13(10(15)5-17-14)20-4-2-3-9(16)7-20;/h5-6,9H,2-4,7,16H2,1H3,(H,17,18)(H,19,21);1H/t9-;/m1./s1. The van der Waals surface area contributed by atoms with Gasteiger partial charge in [-0.15, -0.1) is 12.4 Å². The Labute approximate surface area is 143 Å². The van der Waals surface area contributed by atoms with Crippen LogP contribution in [-0.4, -0.2) is 35.0 Å². The Morgan fingerprint density at radius 2 is 2.36 bits per heavy atom. The maximum absolute atomic E-state index is 11.4. The molecule has 2 aromatic heterocycles. The van der Waals surface area contributed by atoms with Crippen LogP contribution in [0.4, 0.5) is 11.4 Å². The van der Waals surface area contributed by atoms with Gasteiger partial charge in [0.1, 0.15) is 5.65 Å². The molecule has 0 aliphatic carbocycles. The number of carbonyl (C=O) groups is 1. The molecule has 2 aromatic rings. The minimum absolute atomic E-state index is 0. The summed E-state index contributed by atoms with van der Waals surface area (Å²) in [6.07, 6.45) is 5.68. The number of hydrogen-bond acceptors (Lipinski definition) is 4. The highest BCUT2D eigenvalue weighted by Gasteiger charge is 2.23. The van der Waals surface area contributed by atoms with Gasteiger partial charge >= 0.3 is 0 Å². The van der Waals surface area contributed by atoms with E-state index < -0.39 is 0 Å². The number of nitrogens with two attached hydrogens (primary N) is 1. The Morgan fingerprint density at radius 3 is 3.05 bits per heavy atom. The molecule has 1 saturated heterocycles. The van der Waals surface area contributed by atoms with Crippen molar-refractivity contribution in [3.05, 3.63) is 16.9 Å². The second kappa shape index (κ2) is 6.85. The van der Waals surface area contributed by atoms with Crippen LogP contribution in [-0.2, 0) is 4.79 Å². The summed E-state index contributed by atoms with van der Waals surface area (Å²) in [6.45, 7) is 3.26. The third-order valence-corrected chi connectivity index (χ3v) is 4.29. The van der Waals surface area contributed by atoms with Gasteiger partial charge in [0, 0.05) is 38.4 Å². The van der Waals surface area contributed by atoms with E-state index in [9.17, 15) is 4.79 Å². The van der Waals surface area contributed by atoms with Crippen LogP contribution in [0, 0.1) is 0 Å². The number of nitrogens with one attached hydrogen (secondary N) is 2. The highest BCUT2D eigenvalue weighted by atomic mass is 79.9. The summed E-state index contributed by atoms with van der Waals surface area (Å²) in [4.78, 5) is 21.1. The van der Waals surface area contributed by atoms with Crippen LogP contribution < -0.4 is 16.0 Å². The Kier molecular flexibility index (Phi) is 5.31. The van der Waals surface area contributed by atoms with Gasteiger partial charge in [0.15, 0.2) is 0 Å². The lowest BCUT2D eigenvalue weighted by Crippen LogP contribution is -2.43. The van der Waals surface area contributed by atoms with Crippen molar-refractivity contribution in [2.45, 2.75) is 25.8 Å². The number of carbonyl (C=O) groups excluding carboxylic acids is 1. The molecule has 3 rings (SSSR count). The molecule has 1 amide bonds. The summed E-state index contributed by atoms with van der Waals surface area (Å²) in [7, 11) is 0. The van der Waals surface area contributed by atoms with Crippen molar-refractivity contribution in [2.75, 3.05) is 23.3 Å². The first-order valence-corrected chi connectivity index (χ1v) is 7.79. The van der Waals surface area contributed by atoms with Crippen molar-refractivity contribution < 1.29 is 4.79 Å². The molecule has 0 unspecified atom stereocenters. The molecule has 6 nitrogen and oxygen atoms in total. The highest BCUT2D eigenvalue weighted by Crippen LogP contribution is 2.38. The zero-order valence-corrected chi connectivity index (χ0v) is 14.6. The van der Waals surface area contributed by atoms with Crippen LogP contribution >= 0.6 is 28.3 Å². The number of aromatic amines is 1. The molecule has 4 N–H and O–H groups in total. The van der Waals surface area contributed by atoms with Crippen molar-refractivity contribution in [1.29, 1.82) is 0 Å². The lowest BCUT2D eigenvalue weighted by atomic mass is 10.1. The van der Waals surface area contributed by atoms with Crippen LogP contribution in [0.25, 0.3) is 11.0 Å². The van der Waals surface area contributed by atoms with Gasteiger partial charge in [-0.1, -0.05) is 0 Å². The number of anilines is 2. The largest absolute Gasteiger partial charge is 0.368 e. The monoisotopic (exact) mass is 387 g/mol. The summed E-state index contributed by atoms with van der Waals surface area (Å²) in [5, 5.41) is 3.78. The number of fused-ring (bicyclic) bond motifs is 1. The minimum atomic E-state index is -0.0998. The van der Waals surface area contributed by atoms with Crippen LogP contribution in [0.5, 0.6) is 0 Å². The van der Waals surface area contributed by atoms with Gasteiger partial charge < -0.3 is 20.9 Å². The lowest BCUT2D eigenvalue weighted by molar-refractivity contribution is -0.114. The van der Waals surface area contributed by atoms with E-state index in [2.05, 4.69) is 36.1 Å². The topological polar surface area (TPSA) is 87.0 Å². The van der Waals surface area contributed by atoms with E-state index >= 15 is 0 Å². The first-order valence-electron chi connectivity index (χ1n) is 7.00. The van der Waals surface area contributed by atoms with Gasteiger partial charge in [-0.2, -0.15) is 0 Å². The first-order chi connectivity index (χ1) is 10.1. The third-order valence-electron chi connectivity index (χ3n) is 3.71. The van der Waals surface area contributed by atoms with Crippen LogP contribution in [0.1, 0.15) is 19.8 Å². The van der Waals surface area contributed by atoms with Gasteiger partial charge in [0.2, 0.25) is 5.91 Å². The molecule has 120 valence electrons. The van der Waals surface area contributed by atoms with Crippen molar-refractivity contribution in [3.63, 3.8) is 0 Å². The molecule has 0 aromatic carbocycles. The van der Waals surface area contributed by atoms with E-state index in [1.807, 2.05) is 0 Å². The Morgan fingerprint density at radius 1 is 1.59 bits per heavy atom. The maximum atomic E-state index is 11.4. The third kappa shape index (κ3) is 3.21. The van der Waals surface area contributed by atoms with Gasteiger partial charge in [0.05, 0.1) is 21.2 Å². The van der Waals surface area contributed by atoms with E-state index in [-0.39, 0.29) is 24.4 Å². The average Bonchev–Trinajstić information content (AvgIpc) is 2.81. The number of pyridine rings is 1. The summed E-state index contributed by atoms with van der Waals surface area (Å²) in [5.74, 6) is -0.0998. The van der Waals surface area contributed by atoms with Gasteiger partial charge in [-0.25, -0.2) is 4.98 Å². The predicted octanol–water partition coefficient (Wildman–Crippen LogP) is 2.63. The minimum Gasteiger partial charge on any atom is -0.368 e. The number of rotatable bonds is 2. The first kappa shape index (κ1) is 17.1. The van der Waals surface area contributed by atoms with Crippen molar-refractivity contribution in [1.82, 2.24) is 9.97 Å². The molecule has 22 heavy (non-hydrogen) atoms. The van der Waals surface area contributed by atoms with E-state index in [4.69, 9.17) is 5.73 Å².